The highest BCUT2D eigenvalue weighted by Crippen LogP contribution is 2.66. The van der Waals surface area contributed by atoms with E-state index in [0.717, 1.165) is 38.5 Å². The summed E-state index contributed by atoms with van der Waals surface area (Å²) in [5, 5.41) is 20.2. The van der Waals surface area contributed by atoms with Crippen LogP contribution in [-0.4, -0.2) is 45.0 Å². The van der Waals surface area contributed by atoms with Gasteiger partial charge in [0, 0.05) is 18.3 Å². The van der Waals surface area contributed by atoms with Crippen LogP contribution in [-0.2, 0) is 23.5 Å². The van der Waals surface area contributed by atoms with E-state index in [-0.39, 0.29) is 17.3 Å². The maximum absolute atomic E-state index is 12.7. The van der Waals surface area contributed by atoms with Crippen molar-refractivity contribution in [1.82, 2.24) is 5.09 Å². The van der Waals surface area contributed by atoms with Gasteiger partial charge in [-0.05, 0) is 86.9 Å². The molecule has 0 aliphatic heterocycles. The lowest BCUT2D eigenvalue weighted by atomic mass is 9.45. The zero-order chi connectivity index (χ0) is 24.9. The highest BCUT2D eigenvalue weighted by molar-refractivity contribution is 7.50. The van der Waals surface area contributed by atoms with Crippen LogP contribution in [0, 0.1) is 34.5 Å². The second-order valence-corrected chi connectivity index (χ2v) is 13.1. The molecule has 4 fully saturated rings. The average Bonchev–Trinajstić information content (AvgIpc) is 3.05. The number of carbonyl (C=O) groups is 3. The number of carbonyl (C=O) groups excluding carboxylic acids is 1. The van der Waals surface area contributed by atoms with E-state index >= 15 is 0 Å². The Labute approximate surface area is 200 Å². The van der Waals surface area contributed by atoms with E-state index in [1.54, 1.807) is 0 Å². The number of Topliss-reactive ketones (excluding diaryl/α,β-unsaturated/α-hetero) is 1. The quantitative estimate of drug-likeness (QED) is 0.363. The van der Waals surface area contributed by atoms with Crippen LogP contribution in [0.5, 0.6) is 0 Å². The van der Waals surface area contributed by atoms with Gasteiger partial charge in [0.15, 0.2) is 0 Å². The predicted octanol–water partition coefficient (Wildman–Crippen LogP) is 3.99. The Morgan fingerprint density at radius 1 is 1.12 bits per heavy atom. The molecule has 192 valence electrons. The Hall–Kier alpha value is -1.28. The minimum atomic E-state index is -4.42. The van der Waals surface area contributed by atoms with Gasteiger partial charge in [-0.15, -0.1) is 0 Å². The molecule has 4 aliphatic carbocycles. The number of carboxylic acid groups (broad SMARTS) is 2. The van der Waals surface area contributed by atoms with Crippen LogP contribution in [0.4, 0.5) is 0 Å². The van der Waals surface area contributed by atoms with E-state index < -0.39 is 38.3 Å². The summed E-state index contributed by atoms with van der Waals surface area (Å²) in [6, 6.07) is -1.47. The second-order valence-electron chi connectivity index (χ2n) is 11.5. The molecule has 0 spiro atoms. The van der Waals surface area contributed by atoms with E-state index in [0.29, 0.717) is 48.7 Å². The number of aliphatic carboxylic acids is 2. The molecule has 4 N–H and O–H groups in total. The van der Waals surface area contributed by atoms with Crippen LogP contribution < -0.4 is 5.09 Å². The third-order valence-corrected chi connectivity index (χ3v) is 11.1. The number of nitrogens with one attached hydrogen (secondary N) is 1. The molecule has 4 saturated carbocycles. The first-order chi connectivity index (χ1) is 15.9. The third kappa shape index (κ3) is 4.73. The Bertz CT molecular complexity index is 894. The Morgan fingerprint density at radius 3 is 2.53 bits per heavy atom. The molecule has 34 heavy (non-hydrogen) atoms. The van der Waals surface area contributed by atoms with Gasteiger partial charge in [-0.1, -0.05) is 13.8 Å². The van der Waals surface area contributed by atoms with Crippen molar-refractivity contribution in [3.63, 3.8) is 0 Å². The highest BCUT2D eigenvalue weighted by atomic mass is 31.2. The summed E-state index contributed by atoms with van der Waals surface area (Å²) in [4.78, 5) is 45.1. The lowest BCUT2D eigenvalue weighted by Crippen LogP contribution is -2.54. The standard InChI is InChI=1S/C24H38NO8P/c1-23-11-9-15(33-34(31,32)25-19(22(29)30)6-8-21(27)28)13-14(23)3-4-16-17-5-7-20(26)24(17,2)12-10-18(16)23/h14-19H,3-13H2,1-2H3,(H,27,28)(H,29,30)(H2,25,31,32)/t14?,15-,16?,17?,18?,19-,23-,24-/m0/s1. The second kappa shape index (κ2) is 9.30. The summed E-state index contributed by atoms with van der Waals surface area (Å²) in [6.45, 7) is 4.53. The Balaban J connectivity index is 1.39. The number of ketones is 1. The van der Waals surface area contributed by atoms with E-state index in [2.05, 4.69) is 18.9 Å². The largest absolute Gasteiger partial charge is 0.481 e. The molecule has 10 heteroatoms. The molecule has 0 radical (unpaired) electrons. The summed E-state index contributed by atoms with van der Waals surface area (Å²) >= 11 is 0. The number of hydrogen-bond donors (Lipinski definition) is 4. The van der Waals surface area contributed by atoms with Crippen LogP contribution in [0.3, 0.4) is 0 Å². The molecular weight excluding hydrogens is 461 g/mol. The first-order valence-electron chi connectivity index (χ1n) is 12.6. The molecule has 0 aromatic heterocycles. The van der Waals surface area contributed by atoms with Crippen LogP contribution in [0.25, 0.3) is 0 Å². The normalized spacial score (nSPS) is 42.1. The molecule has 4 aliphatic rings. The molecule has 5 unspecified atom stereocenters. The minimum Gasteiger partial charge on any atom is -0.481 e. The van der Waals surface area contributed by atoms with Crippen molar-refractivity contribution >= 4 is 25.5 Å². The van der Waals surface area contributed by atoms with Gasteiger partial charge in [0.1, 0.15) is 11.8 Å². The zero-order valence-electron chi connectivity index (χ0n) is 20.1. The lowest BCUT2D eigenvalue weighted by Gasteiger charge is -2.60. The fourth-order valence-corrected chi connectivity index (χ4v) is 9.32. The summed E-state index contributed by atoms with van der Waals surface area (Å²) in [5.74, 6) is -0.156. The van der Waals surface area contributed by atoms with Crippen molar-refractivity contribution in [3.05, 3.63) is 0 Å². The van der Waals surface area contributed by atoms with Gasteiger partial charge in [0.05, 0.1) is 6.10 Å². The molecule has 0 amide bonds. The van der Waals surface area contributed by atoms with Crippen LogP contribution in [0.1, 0.15) is 84.5 Å². The first kappa shape index (κ1) is 25.8. The van der Waals surface area contributed by atoms with Gasteiger partial charge >= 0.3 is 19.7 Å². The van der Waals surface area contributed by atoms with Gasteiger partial charge in [-0.25, -0.2) is 9.65 Å². The van der Waals surface area contributed by atoms with E-state index in [1.807, 2.05) is 0 Å². The maximum atomic E-state index is 12.7. The molecule has 0 aromatic carbocycles. The molecule has 0 heterocycles. The minimum absolute atomic E-state index is 0.119. The molecular formula is C24H38NO8P. The Morgan fingerprint density at radius 2 is 1.85 bits per heavy atom. The number of rotatable bonds is 8. The molecule has 4 rings (SSSR count). The third-order valence-electron chi connectivity index (χ3n) is 9.88. The summed E-state index contributed by atoms with van der Waals surface area (Å²) in [6.07, 6.45) is 6.80. The van der Waals surface area contributed by atoms with Crippen LogP contribution in [0.2, 0.25) is 0 Å². The molecule has 0 bridgehead atoms. The van der Waals surface area contributed by atoms with Gasteiger partial charge in [-0.2, -0.15) is 0 Å². The monoisotopic (exact) mass is 499 g/mol. The van der Waals surface area contributed by atoms with Crippen molar-refractivity contribution < 1.29 is 38.6 Å². The van der Waals surface area contributed by atoms with E-state index in [1.165, 1.54) is 0 Å². The number of fused-ring (bicyclic) bond motifs is 5. The molecule has 0 saturated heterocycles. The number of carboxylic acids is 2. The van der Waals surface area contributed by atoms with Crippen molar-refractivity contribution in [3.8, 4) is 0 Å². The average molecular weight is 500 g/mol. The van der Waals surface area contributed by atoms with Crippen molar-refractivity contribution in [2.45, 2.75) is 96.6 Å². The number of hydrogen-bond acceptors (Lipinski definition) is 5. The summed E-state index contributed by atoms with van der Waals surface area (Å²) < 4.78 is 18.2. The van der Waals surface area contributed by atoms with Gasteiger partial charge in [0.2, 0.25) is 0 Å². The maximum Gasteiger partial charge on any atom is 0.403 e. The van der Waals surface area contributed by atoms with Gasteiger partial charge in [-0.3, -0.25) is 18.9 Å². The molecule has 9 atom stereocenters. The smallest absolute Gasteiger partial charge is 0.403 e. The van der Waals surface area contributed by atoms with Crippen molar-refractivity contribution in [1.29, 1.82) is 0 Å². The van der Waals surface area contributed by atoms with Crippen LogP contribution in [0.15, 0.2) is 0 Å². The predicted molar refractivity (Wildman–Crippen MR) is 123 cm³/mol. The topological polar surface area (TPSA) is 150 Å². The zero-order valence-corrected chi connectivity index (χ0v) is 21.0. The summed E-state index contributed by atoms with van der Waals surface area (Å²) in [7, 11) is -4.42. The van der Waals surface area contributed by atoms with Gasteiger partial charge in [0.25, 0.3) is 0 Å². The fraction of sp³-hybridized carbons (Fsp3) is 0.875. The van der Waals surface area contributed by atoms with E-state index in [4.69, 9.17) is 9.63 Å². The van der Waals surface area contributed by atoms with E-state index in [9.17, 15) is 28.9 Å². The SMILES string of the molecule is C[C@]12CC[C@H](OP(=O)(O)N[C@@H](CCC(=O)O)C(=O)O)CC1CCC1C2CC[C@]2(C)C(=O)CCC12. The lowest BCUT2D eigenvalue weighted by molar-refractivity contribution is -0.142. The van der Waals surface area contributed by atoms with Crippen LogP contribution >= 0.6 is 7.75 Å². The first-order valence-corrected chi connectivity index (χ1v) is 14.2. The van der Waals surface area contributed by atoms with Crippen molar-refractivity contribution in [2.75, 3.05) is 0 Å². The summed E-state index contributed by atoms with van der Waals surface area (Å²) in [5.41, 5.74) is -0.0328. The Kier molecular flexibility index (Phi) is 7.06. The fourth-order valence-electron chi connectivity index (χ4n) is 8.03. The van der Waals surface area contributed by atoms with Crippen molar-refractivity contribution in [2.24, 2.45) is 34.5 Å². The van der Waals surface area contributed by atoms with Gasteiger partial charge < -0.3 is 15.1 Å². The molecule has 9 nitrogen and oxygen atoms in total. The molecule has 0 aromatic rings. The highest BCUT2D eigenvalue weighted by Gasteiger charge is 2.60.